The van der Waals surface area contributed by atoms with Crippen LogP contribution < -0.4 is 61.7 Å². The lowest BCUT2D eigenvalue weighted by Crippen LogP contribution is -2.58. The summed E-state index contributed by atoms with van der Waals surface area (Å²) in [5.74, 6) is 0.811. The normalized spacial score (nSPS) is 20.0. The van der Waals surface area contributed by atoms with Crippen molar-refractivity contribution < 1.29 is 23.9 Å². The Morgan fingerprint density at radius 1 is 0.333 bits per heavy atom. The maximum atomic E-state index is 14.0. The Balaban J connectivity index is 0.000000145. The first-order valence-electron chi connectivity index (χ1n) is 40.4. The zero-order valence-corrected chi connectivity index (χ0v) is 66.2. The number of benzene rings is 6. The molecule has 2 unspecified atom stereocenters. The summed E-state index contributed by atoms with van der Waals surface area (Å²) in [7, 11) is 4.07. The Hall–Kier alpha value is -7.48. The van der Waals surface area contributed by atoms with Crippen LogP contribution in [0, 0.1) is 0 Å². The summed E-state index contributed by atoms with van der Waals surface area (Å²) in [6, 6.07) is 51.9. The van der Waals surface area contributed by atoms with E-state index in [1.165, 1.54) is 34.0 Å². The molecule has 2 atom stereocenters. The first kappa shape index (κ1) is 81.5. The van der Waals surface area contributed by atoms with Gasteiger partial charge >= 0.3 is 0 Å². The van der Waals surface area contributed by atoms with E-state index in [4.69, 9.17) is 4.74 Å². The zero-order valence-electron chi connectivity index (χ0n) is 66.2. The molecule has 6 aromatic carbocycles. The molecule has 0 radical (unpaired) electrons. The monoisotopic (exact) mass is 1480 g/mol. The molecule has 584 valence electrons. The highest BCUT2D eigenvalue weighted by molar-refractivity contribution is 6.05. The third kappa shape index (κ3) is 20.2. The number of nitrogens with zero attached hydrogens (tertiary/aromatic N) is 9. The van der Waals surface area contributed by atoms with Crippen molar-refractivity contribution in [3.05, 3.63) is 185 Å². The van der Waals surface area contributed by atoms with E-state index in [0.717, 1.165) is 237 Å². The Labute approximate surface area is 645 Å². The van der Waals surface area contributed by atoms with Gasteiger partial charge in [0.25, 0.3) is 0 Å². The summed E-state index contributed by atoms with van der Waals surface area (Å²) in [5, 5.41) is 23.7. The summed E-state index contributed by atoms with van der Waals surface area (Å²) in [6.07, 6.45) is 2.23. The number of hydrogen-bond acceptors (Lipinski definition) is 21. The van der Waals surface area contributed by atoms with Gasteiger partial charge in [0.2, 0.25) is 0 Å². The van der Waals surface area contributed by atoms with Gasteiger partial charge in [-0.25, -0.2) is 0 Å². The van der Waals surface area contributed by atoms with Gasteiger partial charge in [-0.3, -0.25) is 38.8 Å². The summed E-state index contributed by atoms with van der Waals surface area (Å²) in [6.45, 7) is 43.2. The fourth-order valence-corrected chi connectivity index (χ4v) is 16.8. The smallest absolute Gasteiger partial charge is 0.187 e. The van der Waals surface area contributed by atoms with Gasteiger partial charge < -0.3 is 66.5 Å². The van der Waals surface area contributed by atoms with E-state index < -0.39 is 22.2 Å². The molecule has 0 aliphatic carbocycles. The van der Waals surface area contributed by atoms with Gasteiger partial charge in [-0.2, -0.15) is 0 Å². The molecule has 0 aromatic heterocycles. The van der Waals surface area contributed by atoms with Crippen molar-refractivity contribution in [2.24, 2.45) is 0 Å². The van der Waals surface area contributed by atoms with Crippen molar-refractivity contribution in [2.75, 3.05) is 248 Å². The third-order valence-electron chi connectivity index (χ3n) is 23.8. The van der Waals surface area contributed by atoms with Crippen LogP contribution >= 0.6 is 0 Å². The molecule has 8 aliphatic rings. The summed E-state index contributed by atoms with van der Waals surface area (Å²) in [5.41, 5.74) is 9.47. The number of carbonyl (C=O) groups is 4. The van der Waals surface area contributed by atoms with Gasteiger partial charge in [0.1, 0.15) is 5.54 Å². The van der Waals surface area contributed by atoms with Crippen molar-refractivity contribution >= 4 is 51.6 Å². The molecule has 21 heteroatoms. The standard InChI is InChI=1S/C27H39N5O.C24H32N4O.C18H28N4O.C18H27N3O2/c1-4-27(30(2)3,21-22-5-9-24(10-6-22)31-17-13-28-14-18-31)26(33)23-7-11-25(12-8-23)32-19-15-29-16-20-32;1-2-24(21-6-4-3-5-7-21,28-18-14-26-15-19-28)23(29)20-8-10-22(11-9-20)27-16-12-25-13-17-27;1-18(2,22-13-9-20-10-14-22)17(23)15-3-5-16(6-4-15)21-11-7-19-8-12-21;1-18(2,21-11-13-23-14-12-21)17(22)15-3-5-16(6-4-15)20-9-7-19-8-10-20/h5-12,28-29H,4,13-21H2,1-3H3;3-11,25-26H,2,12-19H2,1H3;3-6,19-20H,7-14H2,1-2H3;3-6,19H,7-14H2,1-2H3. The molecule has 0 amide bonds. The van der Waals surface area contributed by atoms with E-state index in [9.17, 15) is 19.2 Å². The van der Waals surface area contributed by atoms with E-state index in [1.54, 1.807) is 0 Å². The Kier molecular flexibility index (Phi) is 29.8. The SMILES string of the molecule is CC(C)(C(=O)c1ccc(N2CCNCC2)cc1)N1CCNCC1.CC(C)(C(=O)c1ccc(N2CCNCC2)cc1)N1CCOCC1.CCC(C(=O)c1ccc(N2CCNCC2)cc1)(c1ccccc1)N1CCNCC1.CCC(Cc1ccc(N2CCNCC2)cc1)(C(=O)c1ccc(N2CCNCC2)cc1)N(C)C. The van der Waals surface area contributed by atoms with Gasteiger partial charge in [-0.05, 0) is 181 Å². The van der Waals surface area contributed by atoms with E-state index in [2.05, 4.69) is 180 Å². The minimum atomic E-state index is -0.611. The Bertz CT molecular complexity index is 3620. The maximum absolute atomic E-state index is 14.0. The summed E-state index contributed by atoms with van der Waals surface area (Å²) < 4.78 is 5.40. The highest BCUT2D eigenvalue weighted by Crippen LogP contribution is 2.38. The van der Waals surface area contributed by atoms with Crippen LogP contribution in [0.3, 0.4) is 0 Å². The van der Waals surface area contributed by atoms with Crippen molar-refractivity contribution in [2.45, 2.75) is 83.0 Å². The van der Waals surface area contributed by atoms with Crippen molar-refractivity contribution in [1.29, 1.82) is 0 Å². The van der Waals surface area contributed by atoms with Crippen LogP contribution in [0.5, 0.6) is 0 Å². The molecule has 0 bridgehead atoms. The number of nitrogens with one attached hydrogen (secondary N) is 7. The second-order valence-electron chi connectivity index (χ2n) is 31.1. The first-order chi connectivity index (χ1) is 52.5. The molecule has 21 nitrogen and oxygen atoms in total. The fraction of sp³-hybridized carbons (Fsp3) is 0.540. The number of ether oxygens (including phenoxy) is 1. The molecule has 8 fully saturated rings. The average Bonchev–Trinajstić information content (AvgIpc) is 0.757. The van der Waals surface area contributed by atoms with E-state index in [1.807, 2.05) is 109 Å². The quantitative estimate of drug-likeness (QED) is 0.0331. The van der Waals surface area contributed by atoms with Gasteiger partial charge in [0.15, 0.2) is 23.1 Å². The highest BCUT2D eigenvalue weighted by atomic mass is 16.5. The highest BCUT2D eigenvalue weighted by Gasteiger charge is 2.45. The first-order valence-corrected chi connectivity index (χ1v) is 40.4. The number of hydrogen-bond donors (Lipinski definition) is 7. The molecule has 8 saturated heterocycles. The molecule has 8 aliphatic heterocycles. The van der Waals surface area contributed by atoms with Gasteiger partial charge in [0, 0.05) is 247 Å². The molecule has 7 N–H and O–H groups in total. The molecule has 8 heterocycles. The molecule has 0 spiro atoms. The molecule has 6 aromatic rings. The van der Waals surface area contributed by atoms with Crippen molar-refractivity contribution in [3.63, 3.8) is 0 Å². The number of anilines is 5. The topological polar surface area (TPSA) is 191 Å². The van der Waals surface area contributed by atoms with Crippen LogP contribution in [-0.2, 0) is 16.7 Å². The second-order valence-corrected chi connectivity index (χ2v) is 31.1. The van der Waals surface area contributed by atoms with E-state index in [-0.39, 0.29) is 23.1 Å². The lowest BCUT2D eigenvalue weighted by Gasteiger charge is -2.45. The average molecular weight is 1480 g/mol. The lowest BCUT2D eigenvalue weighted by molar-refractivity contribution is -0.00430. The molecule has 14 rings (SSSR count). The number of carbonyl (C=O) groups excluding carboxylic acids is 4. The number of piperazine rings is 7. The minimum absolute atomic E-state index is 0.186. The van der Waals surface area contributed by atoms with E-state index >= 15 is 0 Å². The van der Waals surface area contributed by atoms with E-state index in [0.29, 0.717) is 19.6 Å². The lowest BCUT2D eigenvalue weighted by atomic mass is 9.78. The molecular weight excluding hydrogens is 1350 g/mol. The number of rotatable bonds is 22. The zero-order chi connectivity index (χ0) is 75.9. The maximum Gasteiger partial charge on any atom is 0.187 e. The van der Waals surface area contributed by atoms with Crippen LogP contribution in [0.4, 0.5) is 28.4 Å². The van der Waals surface area contributed by atoms with Crippen LogP contribution in [-0.4, -0.2) is 283 Å². The summed E-state index contributed by atoms with van der Waals surface area (Å²) in [4.78, 5) is 74.7. The van der Waals surface area contributed by atoms with Crippen LogP contribution in [0.1, 0.15) is 107 Å². The molecule has 108 heavy (non-hydrogen) atoms. The number of likely N-dealkylation sites (N-methyl/N-ethyl adjacent to an activating group) is 1. The largest absolute Gasteiger partial charge is 0.379 e. The van der Waals surface area contributed by atoms with Crippen LogP contribution in [0.25, 0.3) is 0 Å². The third-order valence-corrected chi connectivity index (χ3v) is 23.8. The van der Waals surface area contributed by atoms with Gasteiger partial charge in [0.05, 0.1) is 29.8 Å². The number of Topliss-reactive ketones (excluding diaryl/α,β-unsaturated/α-hetero) is 4. The Morgan fingerprint density at radius 3 is 0.917 bits per heavy atom. The van der Waals surface area contributed by atoms with Crippen LogP contribution in [0.2, 0.25) is 0 Å². The number of ketones is 4. The fourth-order valence-electron chi connectivity index (χ4n) is 16.8. The number of morpholine rings is 1. The molecule has 0 saturated carbocycles. The van der Waals surface area contributed by atoms with Gasteiger partial charge in [-0.1, -0.05) is 56.3 Å². The second kappa shape index (κ2) is 39.4. The van der Waals surface area contributed by atoms with Crippen molar-refractivity contribution in [3.8, 4) is 0 Å². The Morgan fingerprint density at radius 2 is 0.611 bits per heavy atom. The van der Waals surface area contributed by atoms with Crippen molar-refractivity contribution in [1.82, 2.24) is 56.8 Å². The predicted molar refractivity (Wildman–Crippen MR) is 443 cm³/mol. The van der Waals surface area contributed by atoms with Crippen LogP contribution in [0.15, 0.2) is 152 Å². The predicted octanol–water partition coefficient (Wildman–Crippen LogP) is 7.48. The van der Waals surface area contributed by atoms with Gasteiger partial charge in [-0.15, -0.1) is 0 Å². The minimum Gasteiger partial charge on any atom is -0.379 e. The summed E-state index contributed by atoms with van der Waals surface area (Å²) >= 11 is 0. The molecular formula is C87H126N16O5.